The minimum absolute atomic E-state index is 0.409. The highest BCUT2D eigenvalue weighted by atomic mass is 16.3. The second-order valence-electron chi connectivity index (χ2n) is 2.98. The quantitative estimate of drug-likeness (QED) is 0.433. The lowest BCUT2D eigenvalue weighted by Crippen LogP contribution is -1.92. The highest BCUT2D eigenvalue weighted by molar-refractivity contribution is 5.57. The lowest BCUT2D eigenvalue weighted by Gasteiger charge is -2.04. The minimum Gasteiger partial charge on any atom is -0.508 e. The minimum atomic E-state index is 0.409. The summed E-state index contributed by atoms with van der Waals surface area (Å²) in [5.74, 6) is 0.409. The van der Waals surface area contributed by atoms with E-state index in [1.165, 1.54) is 0 Å². The molecule has 58 valence electrons. The van der Waals surface area contributed by atoms with Crippen LogP contribution in [0.2, 0.25) is 0 Å². The van der Waals surface area contributed by atoms with Gasteiger partial charge >= 0.3 is 0 Å². The molecule has 0 unspecified atom stereocenters. The third-order valence-corrected chi connectivity index (χ3v) is 2.30. The molecule has 11 heavy (non-hydrogen) atoms. The first-order valence-electron chi connectivity index (χ1n) is 3.88. The van der Waals surface area contributed by atoms with Crippen LogP contribution in [0.4, 0.5) is 5.69 Å². The van der Waals surface area contributed by atoms with Gasteiger partial charge in [-0.05, 0) is 42.5 Å². The number of hydrogen-bond donors (Lipinski definition) is 2. The normalized spacial score (nSPS) is 14.9. The Kier molecular flexibility index (Phi) is 1.28. The van der Waals surface area contributed by atoms with Crippen LogP contribution in [0.15, 0.2) is 12.1 Å². The maximum Gasteiger partial charge on any atom is 0.119 e. The van der Waals surface area contributed by atoms with Crippen molar-refractivity contribution < 1.29 is 5.11 Å². The molecule has 2 nitrogen and oxygen atoms in total. The number of rotatable bonds is 0. The van der Waals surface area contributed by atoms with Crippen molar-refractivity contribution in [2.75, 3.05) is 5.73 Å². The summed E-state index contributed by atoms with van der Waals surface area (Å²) < 4.78 is 0. The van der Waals surface area contributed by atoms with Gasteiger partial charge in [-0.25, -0.2) is 0 Å². The third kappa shape index (κ3) is 0.862. The fourth-order valence-electron chi connectivity index (χ4n) is 1.71. The fraction of sp³-hybridized carbons (Fsp3) is 0.333. The van der Waals surface area contributed by atoms with Crippen LogP contribution < -0.4 is 5.73 Å². The van der Waals surface area contributed by atoms with Gasteiger partial charge in [-0.3, -0.25) is 0 Å². The van der Waals surface area contributed by atoms with Gasteiger partial charge in [0.25, 0.3) is 0 Å². The first-order valence-corrected chi connectivity index (χ1v) is 3.88. The summed E-state index contributed by atoms with van der Waals surface area (Å²) in [5.41, 5.74) is 8.78. The van der Waals surface area contributed by atoms with Crippen LogP contribution in [0, 0.1) is 0 Å². The predicted octanol–water partition coefficient (Wildman–Crippen LogP) is 1.46. The average molecular weight is 149 g/mol. The summed E-state index contributed by atoms with van der Waals surface area (Å²) >= 11 is 0. The number of phenolic OH excluding ortho intramolecular Hbond substituents is 1. The molecule has 1 aliphatic carbocycles. The van der Waals surface area contributed by atoms with Gasteiger partial charge in [0.1, 0.15) is 5.75 Å². The summed E-state index contributed by atoms with van der Waals surface area (Å²) in [6.45, 7) is 0. The van der Waals surface area contributed by atoms with Crippen molar-refractivity contribution in [2.45, 2.75) is 19.3 Å². The Balaban J connectivity index is 2.64. The maximum absolute atomic E-state index is 9.40. The number of aromatic hydroxyl groups is 1. The lowest BCUT2D eigenvalue weighted by atomic mass is 10.1. The third-order valence-electron chi connectivity index (χ3n) is 2.30. The topological polar surface area (TPSA) is 46.2 Å². The first-order chi connectivity index (χ1) is 5.29. The predicted molar refractivity (Wildman–Crippen MR) is 44.5 cm³/mol. The van der Waals surface area contributed by atoms with E-state index >= 15 is 0 Å². The Labute approximate surface area is 65.7 Å². The van der Waals surface area contributed by atoms with Crippen LogP contribution in [-0.4, -0.2) is 5.11 Å². The Morgan fingerprint density at radius 3 is 2.64 bits per heavy atom. The van der Waals surface area contributed by atoms with Crippen LogP contribution in [0.25, 0.3) is 0 Å². The van der Waals surface area contributed by atoms with Crippen LogP contribution in [0.1, 0.15) is 17.5 Å². The number of nitrogens with two attached hydrogens (primary N) is 1. The molecule has 1 aromatic carbocycles. The molecule has 0 saturated carbocycles. The molecule has 0 heterocycles. The van der Waals surface area contributed by atoms with Crippen molar-refractivity contribution in [3.63, 3.8) is 0 Å². The summed E-state index contributed by atoms with van der Waals surface area (Å²) in [5, 5.41) is 9.40. The zero-order chi connectivity index (χ0) is 7.84. The number of anilines is 1. The van der Waals surface area contributed by atoms with Crippen LogP contribution in [0.5, 0.6) is 5.75 Å². The molecule has 3 N–H and O–H groups in total. The molecule has 0 saturated heterocycles. The van der Waals surface area contributed by atoms with Gasteiger partial charge in [-0.2, -0.15) is 0 Å². The molecule has 1 aliphatic rings. The molecule has 0 radical (unpaired) electrons. The number of fused-ring (bicyclic) bond motifs is 1. The highest BCUT2D eigenvalue weighted by Gasteiger charge is 2.16. The van der Waals surface area contributed by atoms with Gasteiger partial charge in [0.05, 0.1) is 0 Å². The molecule has 0 atom stereocenters. The van der Waals surface area contributed by atoms with Gasteiger partial charge in [-0.15, -0.1) is 0 Å². The van der Waals surface area contributed by atoms with Crippen LogP contribution >= 0.6 is 0 Å². The zero-order valence-electron chi connectivity index (χ0n) is 6.30. The van der Waals surface area contributed by atoms with E-state index in [0.29, 0.717) is 5.75 Å². The van der Waals surface area contributed by atoms with Crippen molar-refractivity contribution >= 4 is 5.69 Å². The number of phenols is 1. The van der Waals surface area contributed by atoms with Gasteiger partial charge in [-0.1, -0.05) is 0 Å². The van der Waals surface area contributed by atoms with Crippen molar-refractivity contribution in [3.05, 3.63) is 23.3 Å². The summed E-state index contributed by atoms with van der Waals surface area (Å²) in [7, 11) is 0. The van der Waals surface area contributed by atoms with Gasteiger partial charge in [0, 0.05) is 5.69 Å². The van der Waals surface area contributed by atoms with Gasteiger partial charge in [0.15, 0.2) is 0 Å². The van der Waals surface area contributed by atoms with E-state index < -0.39 is 0 Å². The molecule has 2 heteroatoms. The summed E-state index contributed by atoms with van der Waals surface area (Å²) in [6, 6.07) is 3.46. The van der Waals surface area contributed by atoms with Gasteiger partial charge < -0.3 is 10.8 Å². The number of nitrogen functional groups attached to an aromatic ring is 1. The Bertz CT molecular complexity index is 265. The molecule has 0 fully saturated rings. The van der Waals surface area contributed by atoms with E-state index in [1.54, 1.807) is 12.1 Å². The molecule has 0 spiro atoms. The molecular formula is C9H11NO. The van der Waals surface area contributed by atoms with Crippen LogP contribution in [0.3, 0.4) is 0 Å². The van der Waals surface area contributed by atoms with E-state index in [2.05, 4.69) is 0 Å². The first kappa shape index (κ1) is 6.53. The lowest BCUT2D eigenvalue weighted by molar-refractivity contribution is 0.469. The zero-order valence-corrected chi connectivity index (χ0v) is 6.30. The second kappa shape index (κ2) is 2.16. The van der Waals surface area contributed by atoms with Crippen molar-refractivity contribution in [2.24, 2.45) is 0 Å². The average Bonchev–Trinajstić information content (AvgIpc) is 2.45. The molecular weight excluding hydrogens is 138 g/mol. The largest absolute Gasteiger partial charge is 0.508 e. The second-order valence-corrected chi connectivity index (χ2v) is 2.98. The monoisotopic (exact) mass is 149 g/mol. The molecule has 2 rings (SSSR count). The fourth-order valence-corrected chi connectivity index (χ4v) is 1.71. The van der Waals surface area contributed by atoms with Crippen molar-refractivity contribution in [1.29, 1.82) is 0 Å². The van der Waals surface area contributed by atoms with E-state index in [0.717, 1.165) is 36.1 Å². The SMILES string of the molecule is Nc1ccc(O)c2c1CCC2. The smallest absolute Gasteiger partial charge is 0.119 e. The van der Waals surface area contributed by atoms with E-state index in [-0.39, 0.29) is 0 Å². The summed E-state index contributed by atoms with van der Waals surface area (Å²) in [4.78, 5) is 0. The Hall–Kier alpha value is -1.18. The van der Waals surface area contributed by atoms with Crippen molar-refractivity contribution in [1.82, 2.24) is 0 Å². The Morgan fingerprint density at radius 1 is 1.18 bits per heavy atom. The van der Waals surface area contributed by atoms with Gasteiger partial charge in [0.2, 0.25) is 0 Å². The molecule has 1 aromatic rings. The van der Waals surface area contributed by atoms with E-state index in [4.69, 9.17) is 5.73 Å². The maximum atomic E-state index is 9.40. The van der Waals surface area contributed by atoms with Crippen molar-refractivity contribution in [3.8, 4) is 5.75 Å². The molecule has 0 amide bonds. The Morgan fingerprint density at radius 2 is 1.91 bits per heavy atom. The molecule has 0 aliphatic heterocycles. The van der Waals surface area contributed by atoms with E-state index in [1.807, 2.05) is 0 Å². The number of benzene rings is 1. The molecule has 0 bridgehead atoms. The standard InChI is InChI=1S/C9H11NO/c10-8-4-5-9(11)7-3-1-2-6(7)8/h4-5,11H,1-3,10H2. The number of hydrogen-bond acceptors (Lipinski definition) is 2. The van der Waals surface area contributed by atoms with Crippen LogP contribution in [-0.2, 0) is 12.8 Å². The summed E-state index contributed by atoms with van der Waals surface area (Å²) in [6.07, 6.45) is 3.12. The highest BCUT2D eigenvalue weighted by Crippen LogP contribution is 2.33. The molecule has 0 aromatic heterocycles. The van der Waals surface area contributed by atoms with E-state index in [9.17, 15) is 5.11 Å².